The molecule has 24 heavy (non-hydrogen) atoms. The zero-order valence-electron chi connectivity index (χ0n) is 14.2. The van der Waals surface area contributed by atoms with Crippen molar-refractivity contribution in [2.24, 2.45) is 5.92 Å². The van der Waals surface area contributed by atoms with Crippen LogP contribution in [0.5, 0.6) is 0 Å². The van der Waals surface area contributed by atoms with E-state index in [1.54, 1.807) is 0 Å². The summed E-state index contributed by atoms with van der Waals surface area (Å²) in [6.07, 6.45) is 0.714. The lowest BCUT2D eigenvalue weighted by Crippen LogP contribution is -2.31. The summed E-state index contributed by atoms with van der Waals surface area (Å²) in [5, 5.41) is 6.70. The molecule has 0 bridgehead atoms. The normalized spacial score (nSPS) is 13.7. The third-order valence-corrected chi connectivity index (χ3v) is 4.51. The average molecular weight is 349 g/mol. The molecule has 0 aliphatic carbocycles. The average Bonchev–Trinajstić information content (AvgIpc) is 2.93. The summed E-state index contributed by atoms with van der Waals surface area (Å²) in [5.74, 6) is 1.10. The van der Waals surface area contributed by atoms with E-state index in [4.69, 9.17) is 4.52 Å². The van der Waals surface area contributed by atoms with Crippen molar-refractivity contribution in [2.45, 2.75) is 39.0 Å². The van der Waals surface area contributed by atoms with Gasteiger partial charge in [0.05, 0.1) is 6.04 Å². The Morgan fingerprint density at radius 3 is 2.62 bits per heavy atom. The van der Waals surface area contributed by atoms with Gasteiger partial charge in [-0.1, -0.05) is 49.3 Å². The topological polar surface area (TPSA) is 85.1 Å². The van der Waals surface area contributed by atoms with Gasteiger partial charge >= 0.3 is 0 Å². The van der Waals surface area contributed by atoms with Crippen molar-refractivity contribution in [3.63, 3.8) is 0 Å². The minimum atomic E-state index is -1.38. The molecule has 1 aromatic carbocycles. The number of nitrogens with one attached hydrogen (secondary N) is 1. The molecule has 0 aliphatic rings. The molecule has 6 nitrogen and oxygen atoms in total. The van der Waals surface area contributed by atoms with E-state index < -0.39 is 10.8 Å². The minimum absolute atomic E-state index is 0.0843. The van der Waals surface area contributed by atoms with E-state index in [0.29, 0.717) is 24.1 Å². The summed E-state index contributed by atoms with van der Waals surface area (Å²) < 4.78 is 17.2. The standard InChI is InChI=1S/C17H23N3O3S/c1-12(2)9-15-19-17(23-20-15)11-24(22)10-16(21)18-13(3)14-7-5-4-6-8-14/h4-8,12-13H,9-11H2,1-3H3,(H,18,21)/t13-,24+/m0/s1. The van der Waals surface area contributed by atoms with E-state index in [9.17, 15) is 9.00 Å². The van der Waals surface area contributed by atoms with Crippen LogP contribution in [0.3, 0.4) is 0 Å². The monoisotopic (exact) mass is 349 g/mol. The Morgan fingerprint density at radius 1 is 1.25 bits per heavy atom. The van der Waals surface area contributed by atoms with Crippen molar-refractivity contribution in [3.05, 3.63) is 47.6 Å². The maximum Gasteiger partial charge on any atom is 0.239 e. The van der Waals surface area contributed by atoms with E-state index in [1.807, 2.05) is 37.3 Å². The number of amides is 1. The lowest BCUT2D eigenvalue weighted by Gasteiger charge is -2.13. The molecule has 1 N–H and O–H groups in total. The molecule has 1 heterocycles. The van der Waals surface area contributed by atoms with Gasteiger partial charge in [0, 0.05) is 17.2 Å². The molecule has 0 radical (unpaired) electrons. The Labute approximate surface area is 144 Å². The third kappa shape index (κ3) is 5.88. The lowest BCUT2D eigenvalue weighted by molar-refractivity contribution is -0.119. The summed E-state index contributed by atoms with van der Waals surface area (Å²) in [5.41, 5.74) is 1.01. The first kappa shape index (κ1) is 18.3. The Morgan fingerprint density at radius 2 is 1.96 bits per heavy atom. The van der Waals surface area contributed by atoms with E-state index in [1.165, 1.54) is 0 Å². The molecule has 1 aromatic heterocycles. The molecule has 0 saturated carbocycles. The summed E-state index contributed by atoms with van der Waals surface area (Å²) in [6.45, 7) is 6.02. The highest BCUT2D eigenvalue weighted by atomic mass is 32.2. The maximum atomic E-state index is 12.1. The van der Waals surface area contributed by atoms with Crippen LogP contribution in [0.25, 0.3) is 0 Å². The van der Waals surface area contributed by atoms with Gasteiger partial charge in [-0.2, -0.15) is 4.98 Å². The molecule has 2 aromatic rings. The third-order valence-electron chi connectivity index (χ3n) is 3.35. The van der Waals surface area contributed by atoms with E-state index >= 15 is 0 Å². The number of hydrogen-bond acceptors (Lipinski definition) is 5. The van der Waals surface area contributed by atoms with Crippen LogP contribution in [0.2, 0.25) is 0 Å². The van der Waals surface area contributed by atoms with Gasteiger partial charge in [0.15, 0.2) is 5.82 Å². The SMILES string of the molecule is CC(C)Cc1noc(C[S@](=O)CC(=O)N[C@@H](C)c2ccccc2)n1. The van der Waals surface area contributed by atoms with Crippen molar-refractivity contribution in [1.29, 1.82) is 0 Å². The second kappa shape index (κ2) is 8.73. The van der Waals surface area contributed by atoms with Crippen LogP contribution >= 0.6 is 0 Å². The number of rotatable bonds is 8. The van der Waals surface area contributed by atoms with E-state index in [2.05, 4.69) is 29.3 Å². The van der Waals surface area contributed by atoms with Crippen molar-refractivity contribution < 1.29 is 13.5 Å². The summed E-state index contributed by atoms with van der Waals surface area (Å²) in [7, 11) is -1.38. The highest BCUT2D eigenvalue weighted by Gasteiger charge is 2.16. The van der Waals surface area contributed by atoms with Crippen LogP contribution in [0, 0.1) is 5.92 Å². The van der Waals surface area contributed by atoms with E-state index in [0.717, 1.165) is 5.56 Å². The lowest BCUT2D eigenvalue weighted by atomic mass is 10.1. The largest absolute Gasteiger partial charge is 0.349 e. The minimum Gasteiger partial charge on any atom is -0.349 e. The predicted octanol–water partition coefficient (Wildman–Crippen LogP) is 2.39. The fourth-order valence-corrected chi connectivity index (χ4v) is 3.11. The molecular weight excluding hydrogens is 326 g/mol. The van der Waals surface area contributed by atoms with Crippen molar-refractivity contribution >= 4 is 16.7 Å². The van der Waals surface area contributed by atoms with E-state index in [-0.39, 0.29) is 23.5 Å². The molecule has 2 rings (SSSR count). The predicted molar refractivity (Wildman–Crippen MR) is 92.6 cm³/mol. The Balaban J connectivity index is 1.81. The van der Waals surface area contributed by atoms with Gasteiger partial charge < -0.3 is 9.84 Å². The molecule has 0 saturated heterocycles. The zero-order chi connectivity index (χ0) is 17.5. The smallest absolute Gasteiger partial charge is 0.239 e. The zero-order valence-corrected chi connectivity index (χ0v) is 15.0. The molecule has 0 unspecified atom stereocenters. The molecule has 130 valence electrons. The van der Waals surface area contributed by atoms with Gasteiger partial charge in [0.2, 0.25) is 11.8 Å². The number of carbonyl (C=O) groups is 1. The maximum absolute atomic E-state index is 12.1. The molecule has 7 heteroatoms. The fourth-order valence-electron chi connectivity index (χ4n) is 2.24. The van der Waals surface area contributed by atoms with Crippen molar-refractivity contribution in [3.8, 4) is 0 Å². The van der Waals surface area contributed by atoms with Gasteiger partial charge in [-0.05, 0) is 18.4 Å². The Hall–Kier alpha value is -2.02. The van der Waals surface area contributed by atoms with Gasteiger partial charge in [0.1, 0.15) is 11.5 Å². The fraction of sp³-hybridized carbons (Fsp3) is 0.471. The molecule has 0 spiro atoms. The highest BCUT2D eigenvalue weighted by molar-refractivity contribution is 7.84. The first-order chi connectivity index (χ1) is 11.4. The summed E-state index contributed by atoms with van der Waals surface area (Å²) in [4.78, 5) is 16.2. The Kier molecular flexibility index (Phi) is 6.66. The molecule has 2 atom stereocenters. The number of aromatic nitrogens is 2. The molecule has 0 fully saturated rings. The molecule has 0 aliphatic heterocycles. The second-order valence-electron chi connectivity index (χ2n) is 6.13. The van der Waals surface area contributed by atoms with Crippen LogP contribution in [0.1, 0.15) is 44.1 Å². The number of carbonyl (C=O) groups excluding carboxylic acids is 1. The van der Waals surface area contributed by atoms with Gasteiger partial charge in [0.25, 0.3) is 0 Å². The first-order valence-corrected chi connectivity index (χ1v) is 9.43. The van der Waals surface area contributed by atoms with Crippen molar-refractivity contribution in [2.75, 3.05) is 5.75 Å². The van der Waals surface area contributed by atoms with Crippen LogP contribution in [-0.2, 0) is 27.8 Å². The molecule has 1 amide bonds. The van der Waals surface area contributed by atoms with Gasteiger partial charge in [-0.25, -0.2) is 0 Å². The quantitative estimate of drug-likeness (QED) is 0.791. The van der Waals surface area contributed by atoms with Gasteiger partial charge in [-0.3, -0.25) is 9.00 Å². The second-order valence-corrected chi connectivity index (χ2v) is 7.59. The first-order valence-electron chi connectivity index (χ1n) is 7.94. The molecular formula is C17H23N3O3S. The Bertz CT molecular complexity index is 685. The summed E-state index contributed by atoms with van der Waals surface area (Å²) in [6, 6.07) is 9.51. The number of nitrogens with zero attached hydrogens (tertiary/aromatic N) is 2. The van der Waals surface area contributed by atoms with Crippen LogP contribution in [0.4, 0.5) is 0 Å². The van der Waals surface area contributed by atoms with Crippen LogP contribution in [0.15, 0.2) is 34.9 Å². The van der Waals surface area contributed by atoms with Crippen molar-refractivity contribution in [1.82, 2.24) is 15.5 Å². The van der Waals surface area contributed by atoms with Crippen LogP contribution < -0.4 is 5.32 Å². The van der Waals surface area contributed by atoms with Gasteiger partial charge in [-0.15, -0.1) is 0 Å². The summed E-state index contributed by atoms with van der Waals surface area (Å²) >= 11 is 0. The highest BCUT2D eigenvalue weighted by Crippen LogP contribution is 2.11. The number of benzene rings is 1. The number of hydrogen-bond donors (Lipinski definition) is 1. The van der Waals surface area contributed by atoms with Crippen LogP contribution in [-0.4, -0.2) is 26.0 Å².